The van der Waals surface area contributed by atoms with Gasteiger partial charge in [0.2, 0.25) is 0 Å². The fraction of sp³-hybridized carbons (Fsp3) is 0.360. The standard InChI is InChI=1S/C25H27FN2O5/c1-32-20-6-3-2-5-19(20)22-21(23(29)17-7-9-18(26)10-8-17)24(30)25(31)28(22)12-4-11-27-13-15-33-16-14-27/h2-3,5-10,22,29H,4,11-16H2,1H3/t22-/m1/s1. The second-order valence-corrected chi connectivity index (χ2v) is 8.05. The van der Waals surface area contributed by atoms with Crippen LogP contribution in [0.1, 0.15) is 23.6 Å². The van der Waals surface area contributed by atoms with Crippen LogP contribution in [0.4, 0.5) is 4.39 Å². The second kappa shape index (κ2) is 10.1. The smallest absolute Gasteiger partial charge is 0.295 e. The zero-order valence-corrected chi connectivity index (χ0v) is 18.5. The molecule has 1 amide bonds. The number of hydrogen-bond donors (Lipinski definition) is 1. The average molecular weight is 454 g/mol. The van der Waals surface area contributed by atoms with Crippen LogP contribution in [0, 0.1) is 5.82 Å². The Kier molecular flexibility index (Phi) is 7.05. The van der Waals surface area contributed by atoms with Crippen molar-refractivity contribution in [2.75, 3.05) is 46.5 Å². The van der Waals surface area contributed by atoms with Crippen LogP contribution in [0.3, 0.4) is 0 Å². The molecule has 0 unspecified atom stereocenters. The molecule has 0 aliphatic carbocycles. The highest BCUT2D eigenvalue weighted by atomic mass is 19.1. The van der Waals surface area contributed by atoms with Gasteiger partial charge in [0, 0.05) is 37.3 Å². The van der Waals surface area contributed by atoms with Crippen molar-refractivity contribution in [1.29, 1.82) is 0 Å². The maximum absolute atomic E-state index is 13.4. The Morgan fingerprint density at radius 2 is 1.79 bits per heavy atom. The maximum Gasteiger partial charge on any atom is 0.295 e. The summed E-state index contributed by atoms with van der Waals surface area (Å²) >= 11 is 0. The van der Waals surface area contributed by atoms with E-state index in [2.05, 4.69) is 4.90 Å². The van der Waals surface area contributed by atoms with Crippen molar-refractivity contribution >= 4 is 17.4 Å². The normalized spacial score (nSPS) is 20.9. The summed E-state index contributed by atoms with van der Waals surface area (Å²) < 4.78 is 24.3. The molecule has 2 aliphatic heterocycles. The number of benzene rings is 2. The van der Waals surface area contributed by atoms with Crippen LogP contribution in [0.5, 0.6) is 5.75 Å². The number of aliphatic hydroxyl groups is 1. The first-order valence-corrected chi connectivity index (χ1v) is 11.0. The number of carbonyl (C=O) groups excluding carboxylic acids is 2. The molecule has 7 nitrogen and oxygen atoms in total. The molecule has 2 saturated heterocycles. The minimum atomic E-state index is -0.809. The van der Waals surface area contributed by atoms with E-state index in [4.69, 9.17) is 9.47 Å². The first-order valence-electron chi connectivity index (χ1n) is 11.0. The number of rotatable bonds is 7. The van der Waals surface area contributed by atoms with Crippen LogP contribution in [-0.2, 0) is 14.3 Å². The van der Waals surface area contributed by atoms with Crippen molar-refractivity contribution in [2.45, 2.75) is 12.5 Å². The van der Waals surface area contributed by atoms with Gasteiger partial charge in [-0.2, -0.15) is 0 Å². The number of ketones is 1. The highest BCUT2D eigenvalue weighted by Gasteiger charge is 2.46. The van der Waals surface area contributed by atoms with Crippen LogP contribution in [0.2, 0.25) is 0 Å². The van der Waals surface area contributed by atoms with E-state index in [0.717, 1.165) is 19.6 Å². The van der Waals surface area contributed by atoms with Crippen LogP contribution in [0.15, 0.2) is 54.1 Å². The van der Waals surface area contributed by atoms with E-state index in [9.17, 15) is 19.1 Å². The second-order valence-electron chi connectivity index (χ2n) is 8.05. The van der Waals surface area contributed by atoms with Crippen molar-refractivity contribution < 1.29 is 28.6 Å². The first kappa shape index (κ1) is 22.9. The van der Waals surface area contributed by atoms with E-state index in [1.165, 1.54) is 36.3 Å². The topological polar surface area (TPSA) is 79.3 Å². The summed E-state index contributed by atoms with van der Waals surface area (Å²) in [5, 5.41) is 11.0. The monoisotopic (exact) mass is 454 g/mol. The number of methoxy groups -OCH3 is 1. The largest absolute Gasteiger partial charge is 0.507 e. The van der Waals surface area contributed by atoms with E-state index in [0.29, 0.717) is 37.5 Å². The lowest BCUT2D eigenvalue weighted by Crippen LogP contribution is -2.39. The molecule has 0 bridgehead atoms. The number of hydrogen-bond acceptors (Lipinski definition) is 6. The van der Waals surface area contributed by atoms with Gasteiger partial charge in [-0.1, -0.05) is 18.2 Å². The van der Waals surface area contributed by atoms with E-state index >= 15 is 0 Å². The molecule has 0 aromatic heterocycles. The zero-order chi connectivity index (χ0) is 23.4. The van der Waals surface area contributed by atoms with Crippen molar-refractivity contribution in [2.24, 2.45) is 0 Å². The number of ether oxygens (including phenoxy) is 2. The number of morpholine rings is 1. The Morgan fingerprint density at radius 1 is 1.09 bits per heavy atom. The van der Waals surface area contributed by atoms with Crippen molar-refractivity contribution in [3.05, 3.63) is 71.0 Å². The molecule has 8 heteroatoms. The van der Waals surface area contributed by atoms with E-state index in [-0.39, 0.29) is 16.9 Å². The molecule has 0 spiro atoms. The van der Waals surface area contributed by atoms with Crippen LogP contribution in [0.25, 0.3) is 5.76 Å². The molecule has 0 saturated carbocycles. The molecule has 1 N–H and O–H groups in total. The molecule has 0 radical (unpaired) electrons. The van der Waals surface area contributed by atoms with Crippen LogP contribution >= 0.6 is 0 Å². The highest BCUT2D eigenvalue weighted by Crippen LogP contribution is 2.42. The number of Topliss-reactive ketones (excluding diaryl/α,β-unsaturated/α-hetero) is 1. The van der Waals surface area contributed by atoms with Gasteiger partial charge in [0.05, 0.1) is 31.9 Å². The Labute approximate surface area is 192 Å². The summed E-state index contributed by atoms with van der Waals surface area (Å²) in [6.07, 6.45) is 0.662. The summed E-state index contributed by atoms with van der Waals surface area (Å²) in [6, 6.07) is 11.5. The minimum absolute atomic E-state index is 0.0255. The molecular weight excluding hydrogens is 427 g/mol. The van der Waals surface area contributed by atoms with Crippen molar-refractivity contribution in [1.82, 2.24) is 9.80 Å². The van der Waals surface area contributed by atoms with Gasteiger partial charge in [0.25, 0.3) is 11.7 Å². The summed E-state index contributed by atoms with van der Waals surface area (Å²) in [5.74, 6) is -1.72. The highest BCUT2D eigenvalue weighted by molar-refractivity contribution is 6.46. The molecule has 4 rings (SSSR count). The van der Waals surface area contributed by atoms with Gasteiger partial charge in [-0.3, -0.25) is 14.5 Å². The third kappa shape index (κ3) is 4.77. The van der Waals surface area contributed by atoms with Gasteiger partial charge in [0.15, 0.2) is 0 Å². The van der Waals surface area contributed by atoms with Gasteiger partial charge in [-0.15, -0.1) is 0 Å². The lowest BCUT2D eigenvalue weighted by molar-refractivity contribution is -0.140. The fourth-order valence-corrected chi connectivity index (χ4v) is 4.38. The molecule has 2 aromatic rings. The molecule has 174 valence electrons. The van der Waals surface area contributed by atoms with Crippen molar-refractivity contribution in [3.63, 3.8) is 0 Å². The summed E-state index contributed by atoms with van der Waals surface area (Å²) in [5.41, 5.74) is 0.847. The fourth-order valence-electron chi connectivity index (χ4n) is 4.38. The number of aliphatic hydroxyl groups excluding tert-OH is 1. The van der Waals surface area contributed by atoms with E-state index < -0.39 is 23.5 Å². The molecule has 2 fully saturated rings. The minimum Gasteiger partial charge on any atom is -0.507 e. The summed E-state index contributed by atoms with van der Waals surface area (Å²) in [7, 11) is 1.52. The number of para-hydroxylation sites is 1. The predicted octanol–water partition coefficient (Wildman–Crippen LogP) is 2.98. The quantitative estimate of drug-likeness (QED) is 0.394. The van der Waals surface area contributed by atoms with Gasteiger partial charge >= 0.3 is 0 Å². The lowest BCUT2D eigenvalue weighted by atomic mass is 9.94. The maximum atomic E-state index is 13.4. The number of nitrogens with zero attached hydrogens (tertiary/aromatic N) is 2. The number of amides is 1. The van der Waals surface area contributed by atoms with E-state index in [1.807, 2.05) is 0 Å². The lowest BCUT2D eigenvalue weighted by Gasteiger charge is -2.29. The summed E-state index contributed by atoms with van der Waals surface area (Å²) in [4.78, 5) is 29.9. The molecule has 2 aliphatic rings. The third-order valence-corrected chi connectivity index (χ3v) is 6.07. The molecule has 2 heterocycles. The van der Waals surface area contributed by atoms with Gasteiger partial charge < -0.3 is 19.5 Å². The molecule has 33 heavy (non-hydrogen) atoms. The first-order chi connectivity index (χ1) is 16.0. The Morgan fingerprint density at radius 3 is 2.48 bits per heavy atom. The Hall–Kier alpha value is -3.23. The number of likely N-dealkylation sites (tertiary alicyclic amines) is 1. The number of halogens is 1. The average Bonchev–Trinajstić information content (AvgIpc) is 3.09. The Bertz CT molecular complexity index is 1050. The van der Waals surface area contributed by atoms with Crippen LogP contribution in [-0.4, -0.2) is 73.1 Å². The van der Waals surface area contributed by atoms with Crippen LogP contribution < -0.4 is 4.74 Å². The zero-order valence-electron chi connectivity index (χ0n) is 18.5. The summed E-state index contributed by atoms with van der Waals surface area (Å²) in [6.45, 7) is 4.14. The van der Waals surface area contributed by atoms with Crippen molar-refractivity contribution in [3.8, 4) is 5.75 Å². The molecule has 1 atom stereocenters. The predicted molar refractivity (Wildman–Crippen MR) is 120 cm³/mol. The van der Waals surface area contributed by atoms with Gasteiger partial charge in [-0.25, -0.2) is 4.39 Å². The van der Waals surface area contributed by atoms with Gasteiger partial charge in [0.1, 0.15) is 17.3 Å². The number of carbonyl (C=O) groups is 2. The molecule has 2 aromatic carbocycles. The molecular formula is C25H27FN2O5. The Balaban J connectivity index is 1.70. The van der Waals surface area contributed by atoms with Gasteiger partial charge in [-0.05, 0) is 36.8 Å². The van der Waals surface area contributed by atoms with E-state index in [1.54, 1.807) is 24.3 Å². The third-order valence-electron chi connectivity index (χ3n) is 6.07. The SMILES string of the molecule is COc1ccccc1[C@@H]1C(=C(O)c2ccc(F)cc2)C(=O)C(=O)N1CCCN1CCOCC1.